The number of piperidine rings is 2. The van der Waals surface area contributed by atoms with Crippen molar-refractivity contribution >= 4 is 6.09 Å². The van der Waals surface area contributed by atoms with Gasteiger partial charge in [0.15, 0.2) is 0 Å². The number of carbonyl (C=O) groups excluding carboxylic acids is 1. The topological polar surface area (TPSA) is 41.6 Å². The highest BCUT2D eigenvalue weighted by Crippen LogP contribution is 2.26. The lowest BCUT2D eigenvalue weighted by atomic mass is 9.88. The van der Waals surface area contributed by atoms with E-state index in [1.54, 1.807) is 0 Å². The molecular weight excluding hydrogens is 204 g/mol. The molecule has 2 bridgehead atoms. The van der Waals surface area contributed by atoms with E-state index in [-0.39, 0.29) is 6.09 Å². The molecule has 2 atom stereocenters. The fourth-order valence-corrected chi connectivity index (χ4v) is 2.53. The maximum Gasteiger partial charge on any atom is 0.410 e. The van der Waals surface area contributed by atoms with Crippen molar-refractivity contribution in [2.45, 2.75) is 45.3 Å². The molecule has 0 saturated carbocycles. The molecule has 2 unspecified atom stereocenters. The van der Waals surface area contributed by atoms with Crippen LogP contribution in [0.3, 0.4) is 0 Å². The SMILES string of the molecule is CC(C)(C)OC(=O)N1CCC2CNCC1C2. The molecule has 1 amide bonds. The van der Waals surface area contributed by atoms with Gasteiger partial charge in [-0.1, -0.05) is 0 Å². The second kappa shape index (κ2) is 4.24. The number of fused-ring (bicyclic) bond motifs is 2. The zero-order valence-corrected chi connectivity index (χ0v) is 10.5. The first-order valence-electron chi connectivity index (χ1n) is 6.16. The van der Waals surface area contributed by atoms with Crippen LogP contribution in [0.15, 0.2) is 0 Å². The average Bonchev–Trinajstić information content (AvgIpc) is 2.15. The van der Waals surface area contributed by atoms with Crippen LogP contribution in [0, 0.1) is 5.92 Å². The van der Waals surface area contributed by atoms with Crippen LogP contribution in [0.4, 0.5) is 4.79 Å². The molecule has 2 saturated heterocycles. The van der Waals surface area contributed by atoms with E-state index in [1.807, 2.05) is 25.7 Å². The summed E-state index contributed by atoms with van der Waals surface area (Å²) in [6, 6.07) is 0.336. The third-order valence-corrected chi connectivity index (χ3v) is 3.27. The summed E-state index contributed by atoms with van der Waals surface area (Å²) < 4.78 is 5.43. The Kier molecular flexibility index (Phi) is 3.10. The van der Waals surface area contributed by atoms with E-state index >= 15 is 0 Å². The Morgan fingerprint density at radius 3 is 2.81 bits per heavy atom. The Bertz CT molecular complexity index is 273. The standard InChI is InChI=1S/C12H22N2O2/c1-12(2,3)16-11(15)14-5-4-9-6-10(14)8-13-7-9/h9-10,13H,4-8H2,1-3H3. The first kappa shape index (κ1) is 11.7. The number of nitrogens with zero attached hydrogens (tertiary/aromatic N) is 1. The van der Waals surface area contributed by atoms with E-state index in [0.29, 0.717) is 6.04 Å². The van der Waals surface area contributed by atoms with Crippen molar-refractivity contribution in [2.75, 3.05) is 19.6 Å². The van der Waals surface area contributed by atoms with Gasteiger partial charge in [-0.25, -0.2) is 4.79 Å². The van der Waals surface area contributed by atoms with Crippen molar-refractivity contribution in [3.05, 3.63) is 0 Å². The van der Waals surface area contributed by atoms with E-state index in [1.165, 1.54) is 0 Å². The lowest BCUT2D eigenvalue weighted by Crippen LogP contribution is -2.56. The quantitative estimate of drug-likeness (QED) is 0.682. The molecular formula is C12H22N2O2. The summed E-state index contributed by atoms with van der Waals surface area (Å²) >= 11 is 0. The number of likely N-dealkylation sites (tertiary alicyclic amines) is 1. The predicted octanol–water partition coefficient (Wildman–Crippen LogP) is 1.61. The minimum atomic E-state index is -0.393. The van der Waals surface area contributed by atoms with Crippen LogP contribution in [0.2, 0.25) is 0 Å². The average molecular weight is 226 g/mol. The Labute approximate surface area is 97.3 Å². The Morgan fingerprint density at radius 2 is 2.12 bits per heavy atom. The molecule has 0 radical (unpaired) electrons. The van der Waals surface area contributed by atoms with Gasteiger partial charge in [0.25, 0.3) is 0 Å². The van der Waals surface area contributed by atoms with Crippen LogP contribution in [-0.4, -0.2) is 42.3 Å². The van der Waals surface area contributed by atoms with E-state index in [9.17, 15) is 4.79 Å². The lowest BCUT2D eigenvalue weighted by Gasteiger charge is -2.43. The van der Waals surface area contributed by atoms with Gasteiger partial charge in [0, 0.05) is 19.1 Å². The predicted molar refractivity (Wildman–Crippen MR) is 62.3 cm³/mol. The van der Waals surface area contributed by atoms with Crippen LogP contribution in [-0.2, 0) is 4.74 Å². The number of rotatable bonds is 0. The second-order valence-electron chi connectivity index (χ2n) is 5.88. The molecule has 16 heavy (non-hydrogen) atoms. The molecule has 0 aromatic heterocycles. The number of hydrogen-bond acceptors (Lipinski definition) is 3. The fraction of sp³-hybridized carbons (Fsp3) is 0.917. The van der Waals surface area contributed by atoms with Gasteiger partial charge in [-0.15, -0.1) is 0 Å². The summed E-state index contributed by atoms with van der Waals surface area (Å²) in [7, 11) is 0. The maximum atomic E-state index is 12.0. The highest BCUT2D eigenvalue weighted by molar-refractivity contribution is 5.68. The summed E-state index contributed by atoms with van der Waals surface area (Å²) in [5.74, 6) is 0.748. The smallest absolute Gasteiger partial charge is 0.410 e. The molecule has 2 heterocycles. The van der Waals surface area contributed by atoms with Crippen molar-refractivity contribution in [3.8, 4) is 0 Å². The van der Waals surface area contributed by atoms with Gasteiger partial charge in [0.1, 0.15) is 5.60 Å². The zero-order chi connectivity index (χ0) is 11.8. The molecule has 4 nitrogen and oxygen atoms in total. The van der Waals surface area contributed by atoms with E-state index < -0.39 is 5.60 Å². The molecule has 0 spiro atoms. The number of ether oxygens (including phenoxy) is 1. The summed E-state index contributed by atoms with van der Waals surface area (Å²) in [6.45, 7) is 8.62. The molecule has 92 valence electrons. The Hall–Kier alpha value is -0.770. The summed E-state index contributed by atoms with van der Waals surface area (Å²) in [4.78, 5) is 13.9. The molecule has 4 heteroatoms. The minimum absolute atomic E-state index is 0.153. The van der Waals surface area contributed by atoms with Crippen LogP contribution >= 0.6 is 0 Å². The van der Waals surface area contributed by atoms with Gasteiger partial charge in [-0.3, -0.25) is 0 Å². The Morgan fingerprint density at radius 1 is 1.38 bits per heavy atom. The van der Waals surface area contributed by atoms with Crippen molar-refractivity contribution in [1.82, 2.24) is 10.2 Å². The summed E-state index contributed by atoms with van der Waals surface area (Å²) in [6.07, 6.45) is 2.08. The summed E-state index contributed by atoms with van der Waals surface area (Å²) in [5.41, 5.74) is -0.393. The van der Waals surface area contributed by atoms with Crippen molar-refractivity contribution < 1.29 is 9.53 Å². The molecule has 2 rings (SSSR count). The third kappa shape index (κ3) is 2.67. The van der Waals surface area contributed by atoms with Gasteiger partial charge in [0.2, 0.25) is 0 Å². The van der Waals surface area contributed by atoms with Crippen molar-refractivity contribution in [3.63, 3.8) is 0 Å². The number of nitrogens with one attached hydrogen (secondary N) is 1. The fourth-order valence-electron chi connectivity index (χ4n) is 2.53. The molecule has 2 fully saturated rings. The zero-order valence-electron chi connectivity index (χ0n) is 10.5. The van der Waals surface area contributed by atoms with Gasteiger partial charge < -0.3 is 15.0 Å². The van der Waals surface area contributed by atoms with Gasteiger partial charge in [-0.05, 0) is 46.1 Å². The number of amides is 1. The largest absolute Gasteiger partial charge is 0.444 e. The molecule has 2 aliphatic heterocycles. The highest BCUT2D eigenvalue weighted by Gasteiger charge is 2.36. The molecule has 0 aliphatic carbocycles. The van der Waals surface area contributed by atoms with Gasteiger partial charge in [-0.2, -0.15) is 0 Å². The van der Waals surface area contributed by atoms with Crippen LogP contribution in [0.25, 0.3) is 0 Å². The molecule has 1 N–H and O–H groups in total. The maximum absolute atomic E-state index is 12.0. The number of hydrogen-bond donors (Lipinski definition) is 1. The molecule has 0 aromatic carbocycles. The minimum Gasteiger partial charge on any atom is -0.444 e. The number of carbonyl (C=O) groups is 1. The van der Waals surface area contributed by atoms with E-state index in [4.69, 9.17) is 4.74 Å². The van der Waals surface area contributed by atoms with Crippen LogP contribution in [0.1, 0.15) is 33.6 Å². The van der Waals surface area contributed by atoms with Crippen LogP contribution in [0.5, 0.6) is 0 Å². The second-order valence-corrected chi connectivity index (χ2v) is 5.88. The third-order valence-electron chi connectivity index (χ3n) is 3.27. The summed E-state index contributed by atoms with van der Waals surface area (Å²) in [5, 5.41) is 3.39. The Balaban J connectivity index is 1.96. The first-order chi connectivity index (χ1) is 7.46. The normalized spacial score (nSPS) is 30.1. The lowest BCUT2D eigenvalue weighted by molar-refractivity contribution is -0.000119. The van der Waals surface area contributed by atoms with Gasteiger partial charge in [0.05, 0.1) is 0 Å². The van der Waals surface area contributed by atoms with E-state index in [2.05, 4.69) is 5.32 Å². The van der Waals surface area contributed by atoms with Gasteiger partial charge >= 0.3 is 6.09 Å². The van der Waals surface area contributed by atoms with Crippen molar-refractivity contribution in [2.24, 2.45) is 5.92 Å². The monoisotopic (exact) mass is 226 g/mol. The van der Waals surface area contributed by atoms with Crippen molar-refractivity contribution in [1.29, 1.82) is 0 Å². The first-order valence-corrected chi connectivity index (χ1v) is 6.16. The van der Waals surface area contributed by atoms with E-state index in [0.717, 1.165) is 38.4 Å². The highest BCUT2D eigenvalue weighted by atomic mass is 16.6. The van der Waals surface area contributed by atoms with Crippen LogP contribution < -0.4 is 5.32 Å². The molecule has 2 aliphatic rings. The molecule has 0 aromatic rings.